The molecule has 2 aliphatic carbocycles. The maximum Gasteiger partial charge on any atom is -0.0233 e. The molecule has 2 aliphatic rings. The van der Waals surface area contributed by atoms with Crippen LogP contribution >= 0.6 is 0 Å². The summed E-state index contributed by atoms with van der Waals surface area (Å²) in [4.78, 5) is 0. The van der Waals surface area contributed by atoms with Crippen molar-refractivity contribution in [2.45, 2.75) is 96.8 Å². The van der Waals surface area contributed by atoms with E-state index in [1.165, 1.54) is 89.9 Å². The third kappa shape index (κ3) is 7.27. The highest BCUT2D eigenvalue weighted by molar-refractivity contribution is 4.92. The van der Waals surface area contributed by atoms with Gasteiger partial charge in [-0.15, -0.1) is 6.58 Å². The van der Waals surface area contributed by atoms with Crippen molar-refractivity contribution < 1.29 is 0 Å². The molecule has 0 nitrogen and oxygen atoms in total. The van der Waals surface area contributed by atoms with Crippen LogP contribution in [0.3, 0.4) is 0 Å². The Hall–Kier alpha value is -0.520. The first-order chi connectivity index (χ1) is 11.3. The zero-order chi connectivity index (χ0) is 16.3. The van der Waals surface area contributed by atoms with Gasteiger partial charge in [0.2, 0.25) is 0 Å². The maximum atomic E-state index is 3.85. The third-order valence-corrected chi connectivity index (χ3v) is 6.48. The molecule has 0 saturated heterocycles. The molecule has 0 aliphatic heterocycles. The van der Waals surface area contributed by atoms with E-state index >= 15 is 0 Å². The van der Waals surface area contributed by atoms with Gasteiger partial charge in [-0.1, -0.05) is 63.7 Å². The summed E-state index contributed by atoms with van der Waals surface area (Å²) in [6, 6.07) is 0. The number of hydrogen-bond acceptors (Lipinski definition) is 0. The zero-order valence-corrected chi connectivity index (χ0v) is 15.6. The zero-order valence-electron chi connectivity index (χ0n) is 15.6. The van der Waals surface area contributed by atoms with Gasteiger partial charge in [-0.05, 0) is 75.0 Å². The summed E-state index contributed by atoms with van der Waals surface area (Å²) >= 11 is 0. The minimum Gasteiger partial charge on any atom is -0.103 e. The monoisotopic (exact) mass is 316 g/mol. The van der Waals surface area contributed by atoms with Gasteiger partial charge in [-0.2, -0.15) is 0 Å². The molecule has 0 aromatic rings. The Balaban J connectivity index is 1.53. The molecule has 0 unspecified atom stereocenters. The van der Waals surface area contributed by atoms with Crippen molar-refractivity contribution in [2.24, 2.45) is 23.7 Å². The van der Waals surface area contributed by atoms with E-state index in [9.17, 15) is 0 Å². The molecular formula is C23H40. The predicted octanol–water partition coefficient (Wildman–Crippen LogP) is 7.70. The lowest BCUT2D eigenvalue weighted by Crippen LogP contribution is -2.14. The van der Waals surface area contributed by atoms with Gasteiger partial charge >= 0.3 is 0 Å². The molecular weight excluding hydrogens is 276 g/mol. The van der Waals surface area contributed by atoms with Crippen molar-refractivity contribution in [3.63, 3.8) is 0 Å². The largest absolute Gasteiger partial charge is 0.103 e. The summed E-state index contributed by atoms with van der Waals surface area (Å²) < 4.78 is 0. The van der Waals surface area contributed by atoms with Gasteiger partial charge in [0.15, 0.2) is 0 Å². The highest BCUT2D eigenvalue weighted by atomic mass is 14.3. The molecule has 23 heavy (non-hydrogen) atoms. The molecule has 2 saturated carbocycles. The summed E-state index contributed by atoms with van der Waals surface area (Å²) in [5.74, 6) is 3.96. The molecule has 0 radical (unpaired) electrons. The van der Waals surface area contributed by atoms with E-state index in [1.54, 1.807) is 0 Å². The first kappa shape index (κ1) is 18.8. The van der Waals surface area contributed by atoms with E-state index in [0.717, 1.165) is 23.7 Å². The van der Waals surface area contributed by atoms with Crippen LogP contribution in [-0.2, 0) is 0 Å². The van der Waals surface area contributed by atoms with Gasteiger partial charge < -0.3 is 0 Å². The fourth-order valence-electron chi connectivity index (χ4n) is 4.86. The molecule has 0 atom stereocenters. The van der Waals surface area contributed by atoms with Gasteiger partial charge in [-0.25, -0.2) is 0 Å². The van der Waals surface area contributed by atoms with Gasteiger partial charge in [-0.3, -0.25) is 0 Å². The average Bonchev–Trinajstić information content (AvgIpc) is 2.59. The van der Waals surface area contributed by atoms with Crippen LogP contribution in [-0.4, -0.2) is 0 Å². The van der Waals surface area contributed by atoms with E-state index < -0.39 is 0 Å². The lowest BCUT2D eigenvalue weighted by atomic mass is 9.78. The number of allylic oxidation sites excluding steroid dienone is 3. The summed E-state index contributed by atoms with van der Waals surface area (Å²) in [6.07, 6.45) is 27.2. The smallest absolute Gasteiger partial charge is 0.0233 e. The lowest BCUT2D eigenvalue weighted by Gasteiger charge is -2.28. The maximum absolute atomic E-state index is 3.85. The molecule has 0 bridgehead atoms. The van der Waals surface area contributed by atoms with E-state index in [4.69, 9.17) is 0 Å². The minimum atomic E-state index is 0.885. The second kappa shape index (κ2) is 11.1. The molecule has 0 aromatic carbocycles. The molecule has 2 fully saturated rings. The summed E-state index contributed by atoms with van der Waals surface area (Å²) in [7, 11) is 0. The van der Waals surface area contributed by atoms with Gasteiger partial charge in [0.25, 0.3) is 0 Å². The van der Waals surface area contributed by atoms with Crippen LogP contribution < -0.4 is 0 Å². The van der Waals surface area contributed by atoms with Crippen molar-refractivity contribution in [1.29, 1.82) is 0 Å². The Labute approximate surface area is 145 Å². The van der Waals surface area contributed by atoms with Gasteiger partial charge in [0.1, 0.15) is 0 Å². The summed E-state index contributed by atoms with van der Waals surface area (Å²) in [5.41, 5.74) is 0. The Kier molecular flexibility index (Phi) is 9.09. The van der Waals surface area contributed by atoms with Crippen molar-refractivity contribution in [3.8, 4) is 0 Å². The normalized spacial score (nSPS) is 32.2. The van der Waals surface area contributed by atoms with Crippen LogP contribution in [0.4, 0.5) is 0 Å². The predicted molar refractivity (Wildman–Crippen MR) is 104 cm³/mol. The molecule has 132 valence electrons. The van der Waals surface area contributed by atoms with E-state index in [1.807, 2.05) is 0 Å². The number of hydrogen-bond donors (Lipinski definition) is 0. The Bertz CT molecular complexity index is 324. The molecule has 0 N–H and O–H groups in total. The minimum absolute atomic E-state index is 0.885. The van der Waals surface area contributed by atoms with E-state index in [-0.39, 0.29) is 0 Å². The highest BCUT2D eigenvalue weighted by Gasteiger charge is 2.20. The first-order valence-electron chi connectivity index (χ1n) is 10.6. The van der Waals surface area contributed by atoms with Crippen LogP contribution in [0.25, 0.3) is 0 Å². The Morgan fingerprint density at radius 3 is 1.83 bits per heavy atom. The van der Waals surface area contributed by atoms with Crippen LogP contribution in [0.5, 0.6) is 0 Å². The molecule has 0 amide bonds. The average molecular weight is 317 g/mol. The van der Waals surface area contributed by atoms with Crippen molar-refractivity contribution in [1.82, 2.24) is 0 Å². The second-order valence-corrected chi connectivity index (χ2v) is 8.33. The van der Waals surface area contributed by atoms with Crippen molar-refractivity contribution in [2.75, 3.05) is 0 Å². The molecule has 0 spiro atoms. The first-order valence-corrected chi connectivity index (χ1v) is 10.6. The lowest BCUT2D eigenvalue weighted by molar-refractivity contribution is 0.253. The Morgan fingerprint density at radius 2 is 1.26 bits per heavy atom. The van der Waals surface area contributed by atoms with Crippen molar-refractivity contribution >= 4 is 0 Å². The van der Waals surface area contributed by atoms with Gasteiger partial charge in [0.05, 0.1) is 0 Å². The fraction of sp³-hybridized carbons (Fsp3) is 0.826. The van der Waals surface area contributed by atoms with Crippen LogP contribution in [0.1, 0.15) is 96.8 Å². The standard InChI is InChI=1S/C23H40/c1-3-5-9-21-16-18-23(19-17-21)11-7-6-10-22-14-12-20(8-4-2)13-15-22/h3,7,11,20-23H,1,4-6,8-10,12-19H2,2H3/b11-7+/t20-,21-,22-,23-. The highest BCUT2D eigenvalue weighted by Crippen LogP contribution is 2.35. The van der Waals surface area contributed by atoms with Crippen LogP contribution in [0.15, 0.2) is 24.8 Å². The fourth-order valence-corrected chi connectivity index (χ4v) is 4.86. The van der Waals surface area contributed by atoms with E-state index in [2.05, 4.69) is 31.7 Å². The molecule has 0 heterocycles. The Morgan fingerprint density at radius 1 is 0.739 bits per heavy atom. The van der Waals surface area contributed by atoms with Gasteiger partial charge in [0, 0.05) is 0 Å². The quantitative estimate of drug-likeness (QED) is 0.382. The topological polar surface area (TPSA) is 0 Å². The van der Waals surface area contributed by atoms with E-state index in [0.29, 0.717) is 0 Å². The summed E-state index contributed by atoms with van der Waals surface area (Å²) in [5, 5.41) is 0. The molecule has 0 heteroatoms. The second-order valence-electron chi connectivity index (χ2n) is 8.33. The van der Waals surface area contributed by atoms with Crippen molar-refractivity contribution in [3.05, 3.63) is 24.8 Å². The SMILES string of the molecule is C=CCC[C@H]1CC[C@H](/C=C/CC[C@H]2CC[C@H](CCC)CC2)CC1. The number of rotatable bonds is 9. The van der Waals surface area contributed by atoms with Crippen LogP contribution in [0.2, 0.25) is 0 Å². The summed E-state index contributed by atoms with van der Waals surface area (Å²) in [6.45, 7) is 6.19. The third-order valence-electron chi connectivity index (χ3n) is 6.48. The van der Waals surface area contributed by atoms with Crippen LogP contribution in [0, 0.1) is 23.7 Å². The molecule has 0 aromatic heterocycles. The molecule has 2 rings (SSSR count).